The Bertz CT molecular complexity index is 404. The lowest BCUT2D eigenvalue weighted by Gasteiger charge is -2.27. The molecule has 1 aromatic rings. The minimum Gasteiger partial charge on any atom is -0.388 e. The fourth-order valence-corrected chi connectivity index (χ4v) is 1.25. The van der Waals surface area contributed by atoms with E-state index < -0.39 is 5.60 Å². The lowest BCUT2D eigenvalue weighted by molar-refractivity contribution is 0.0170. The predicted octanol–water partition coefficient (Wildman–Crippen LogP) is 1.26. The van der Waals surface area contributed by atoms with E-state index in [1.54, 1.807) is 17.7 Å². The monoisotopic (exact) mass is 254 g/mol. The zero-order valence-electron chi connectivity index (χ0n) is 11.6. The summed E-state index contributed by atoms with van der Waals surface area (Å²) in [6.07, 6.45) is 0. The molecule has 6 nitrogen and oxygen atoms in total. The minimum absolute atomic E-state index is 0.0647. The number of hydrogen-bond donors (Lipinski definition) is 3. The molecule has 1 heterocycles. The van der Waals surface area contributed by atoms with Gasteiger partial charge in [0, 0.05) is 25.4 Å². The van der Waals surface area contributed by atoms with Crippen molar-refractivity contribution in [2.75, 3.05) is 11.9 Å². The van der Waals surface area contributed by atoms with E-state index in [9.17, 15) is 9.90 Å². The molecular weight excluding hydrogens is 232 g/mol. The first-order valence-electron chi connectivity index (χ1n) is 6.00. The first-order valence-corrected chi connectivity index (χ1v) is 6.00. The van der Waals surface area contributed by atoms with Crippen LogP contribution in [0.4, 0.5) is 10.6 Å². The molecule has 1 rings (SSSR count). The quantitative estimate of drug-likeness (QED) is 0.756. The average Bonchev–Trinajstić information content (AvgIpc) is 2.55. The summed E-state index contributed by atoms with van der Waals surface area (Å²) in [6, 6.07) is 1.41. The van der Waals surface area contributed by atoms with Gasteiger partial charge in [-0.2, -0.15) is 5.10 Å². The van der Waals surface area contributed by atoms with Crippen LogP contribution in [0.5, 0.6) is 0 Å². The molecule has 0 aliphatic heterocycles. The average molecular weight is 254 g/mol. The number of aryl methyl sites for hydroxylation is 2. The Kier molecular flexibility index (Phi) is 4.34. The maximum Gasteiger partial charge on any atom is 0.320 e. The van der Waals surface area contributed by atoms with Gasteiger partial charge in [-0.3, -0.25) is 10.00 Å². The number of aliphatic hydroxyl groups is 1. The lowest BCUT2D eigenvalue weighted by Crippen LogP contribution is -2.45. The fraction of sp³-hybridized carbons (Fsp3) is 0.667. The molecule has 1 aromatic heterocycles. The molecule has 0 aliphatic carbocycles. The van der Waals surface area contributed by atoms with Gasteiger partial charge in [-0.1, -0.05) is 13.8 Å². The van der Waals surface area contributed by atoms with Gasteiger partial charge in [-0.05, 0) is 19.8 Å². The Balaban J connectivity index is 2.48. The molecule has 0 spiro atoms. The third-order valence-electron chi connectivity index (χ3n) is 3.21. The van der Waals surface area contributed by atoms with Crippen molar-refractivity contribution in [1.82, 2.24) is 15.1 Å². The highest BCUT2D eigenvalue weighted by atomic mass is 16.3. The van der Waals surface area contributed by atoms with Crippen molar-refractivity contribution in [2.24, 2.45) is 13.0 Å². The summed E-state index contributed by atoms with van der Waals surface area (Å²) in [4.78, 5) is 11.6. The second-order valence-electron chi connectivity index (χ2n) is 5.11. The molecule has 18 heavy (non-hydrogen) atoms. The number of hydrogen-bond acceptors (Lipinski definition) is 3. The number of carbonyl (C=O) groups is 1. The van der Waals surface area contributed by atoms with Gasteiger partial charge in [0.2, 0.25) is 0 Å². The lowest BCUT2D eigenvalue weighted by atomic mass is 9.93. The summed E-state index contributed by atoms with van der Waals surface area (Å²) in [6.45, 7) is 7.61. The summed E-state index contributed by atoms with van der Waals surface area (Å²) in [5.41, 5.74) is 0.0386. The number of aromatic nitrogens is 2. The predicted molar refractivity (Wildman–Crippen MR) is 70.4 cm³/mol. The number of nitrogens with zero attached hydrogens (tertiary/aromatic N) is 2. The number of anilines is 1. The minimum atomic E-state index is -0.919. The number of carbonyl (C=O) groups excluding carboxylic acids is 1. The first kappa shape index (κ1) is 14.5. The normalized spacial score (nSPS) is 14.4. The second-order valence-corrected chi connectivity index (χ2v) is 5.11. The van der Waals surface area contributed by atoms with Gasteiger partial charge in [-0.15, -0.1) is 0 Å². The molecule has 0 saturated heterocycles. The summed E-state index contributed by atoms with van der Waals surface area (Å²) in [5, 5.41) is 19.4. The van der Waals surface area contributed by atoms with Crippen molar-refractivity contribution in [3.8, 4) is 0 Å². The number of nitrogens with one attached hydrogen (secondary N) is 2. The van der Waals surface area contributed by atoms with Crippen molar-refractivity contribution in [2.45, 2.75) is 33.3 Å². The molecule has 2 amide bonds. The van der Waals surface area contributed by atoms with Crippen LogP contribution < -0.4 is 10.6 Å². The van der Waals surface area contributed by atoms with Crippen LogP contribution in [0.1, 0.15) is 26.5 Å². The summed E-state index contributed by atoms with van der Waals surface area (Å²) in [7, 11) is 1.81. The van der Waals surface area contributed by atoms with E-state index in [2.05, 4.69) is 15.7 Å². The van der Waals surface area contributed by atoms with Crippen LogP contribution in [0.3, 0.4) is 0 Å². The van der Waals surface area contributed by atoms with Crippen LogP contribution >= 0.6 is 0 Å². The van der Waals surface area contributed by atoms with E-state index in [-0.39, 0.29) is 18.5 Å². The third-order valence-corrected chi connectivity index (χ3v) is 3.21. The molecule has 1 unspecified atom stereocenters. The SMILES string of the molecule is Cc1cc(NC(=O)NCC(C)(O)C(C)C)nn1C. The topological polar surface area (TPSA) is 79.2 Å². The fourth-order valence-electron chi connectivity index (χ4n) is 1.25. The van der Waals surface area contributed by atoms with Gasteiger partial charge < -0.3 is 10.4 Å². The van der Waals surface area contributed by atoms with Crippen LogP contribution in [0, 0.1) is 12.8 Å². The maximum atomic E-state index is 11.6. The zero-order chi connectivity index (χ0) is 13.9. The van der Waals surface area contributed by atoms with E-state index in [0.29, 0.717) is 5.82 Å². The van der Waals surface area contributed by atoms with Crippen LogP contribution in [0.15, 0.2) is 6.07 Å². The molecule has 0 radical (unpaired) electrons. The van der Waals surface area contributed by atoms with E-state index >= 15 is 0 Å². The molecule has 102 valence electrons. The van der Waals surface area contributed by atoms with E-state index in [4.69, 9.17) is 0 Å². The number of rotatable bonds is 4. The van der Waals surface area contributed by atoms with Crippen LogP contribution in [-0.4, -0.2) is 33.1 Å². The molecule has 0 aliphatic rings. The number of urea groups is 1. The smallest absolute Gasteiger partial charge is 0.320 e. The standard InChI is InChI=1S/C12H22N4O2/c1-8(2)12(4,18)7-13-11(17)14-10-6-9(3)16(5)15-10/h6,8,18H,7H2,1-5H3,(H2,13,14,15,17). The summed E-state index contributed by atoms with van der Waals surface area (Å²) >= 11 is 0. The van der Waals surface area contributed by atoms with E-state index in [1.165, 1.54) is 0 Å². The molecular formula is C12H22N4O2. The van der Waals surface area contributed by atoms with E-state index in [1.807, 2.05) is 27.8 Å². The highest BCUT2D eigenvalue weighted by Gasteiger charge is 2.25. The Morgan fingerprint density at radius 2 is 2.22 bits per heavy atom. The highest BCUT2D eigenvalue weighted by molar-refractivity contribution is 5.88. The van der Waals surface area contributed by atoms with Gasteiger partial charge in [-0.25, -0.2) is 4.79 Å². The number of amides is 2. The Morgan fingerprint density at radius 1 is 1.61 bits per heavy atom. The molecule has 0 fully saturated rings. The first-order chi connectivity index (χ1) is 8.22. The molecule has 1 atom stereocenters. The Labute approximate surface area is 107 Å². The maximum absolute atomic E-state index is 11.6. The molecule has 6 heteroatoms. The van der Waals surface area contributed by atoms with Crippen molar-refractivity contribution in [3.63, 3.8) is 0 Å². The third kappa shape index (κ3) is 3.73. The Morgan fingerprint density at radius 3 is 2.67 bits per heavy atom. The van der Waals surface area contributed by atoms with E-state index in [0.717, 1.165) is 5.69 Å². The van der Waals surface area contributed by atoms with Gasteiger partial charge in [0.1, 0.15) is 0 Å². The van der Waals surface area contributed by atoms with Crippen LogP contribution in [0.2, 0.25) is 0 Å². The molecule has 0 aromatic carbocycles. The van der Waals surface area contributed by atoms with Crippen molar-refractivity contribution in [3.05, 3.63) is 11.8 Å². The van der Waals surface area contributed by atoms with Crippen molar-refractivity contribution in [1.29, 1.82) is 0 Å². The summed E-state index contributed by atoms with van der Waals surface area (Å²) in [5.74, 6) is 0.562. The molecule has 0 bridgehead atoms. The van der Waals surface area contributed by atoms with Gasteiger partial charge in [0.25, 0.3) is 0 Å². The second kappa shape index (κ2) is 5.39. The highest BCUT2D eigenvalue weighted by Crippen LogP contribution is 2.14. The summed E-state index contributed by atoms with van der Waals surface area (Å²) < 4.78 is 1.68. The van der Waals surface area contributed by atoms with Crippen molar-refractivity contribution < 1.29 is 9.90 Å². The molecule has 3 N–H and O–H groups in total. The van der Waals surface area contributed by atoms with Gasteiger partial charge >= 0.3 is 6.03 Å². The molecule has 0 saturated carbocycles. The largest absolute Gasteiger partial charge is 0.388 e. The van der Waals surface area contributed by atoms with Crippen LogP contribution in [-0.2, 0) is 7.05 Å². The Hall–Kier alpha value is -1.56. The van der Waals surface area contributed by atoms with Gasteiger partial charge in [0.15, 0.2) is 5.82 Å². The van der Waals surface area contributed by atoms with Gasteiger partial charge in [0.05, 0.1) is 5.60 Å². The van der Waals surface area contributed by atoms with Crippen LogP contribution in [0.25, 0.3) is 0 Å². The van der Waals surface area contributed by atoms with Crippen molar-refractivity contribution >= 4 is 11.8 Å². The zero-order valence-corrected chi connectivity index (χ0v) is 11.6.